The maximum Gasteiger partial charge on any atom is 0.251 e. The molecule has 0 saturated carbocycles. The zero-order valence-corrected chi connectivity index (χ0v) is 41.2. The minimum Gasteiger partial charge on any atom is -0.366 e. The van der Waals surface area contributed by atoms with Crippen LogP contribution in [0.25, 0.3) is 18.2 Å². The Morgan fingerprint density at radius 1 is 0.569 bits per heavy atom. The Labute approximate surface area is 400 Å². The van der Waals surface area contributed by atoms with Gasteiger partial charge in [-0.25, -0.2) is 18.6 Å². The fourth-order valence-corrected chi connectivity index (χ4v) is 6.13. The Morgan fingerprint density at radius 3 is 1.23 bits per heavy atom. The molecule has 8 heteroatoms. The van der Waals surface area contributed by atoms with E-state index in [0.717, 1.165) is 46.1 Å². The second-order valence-electron chi connectivity index (χ2n) is 15.9. The number of benzene rings is 4. The molecule has 3 N–H and O–H groups in total. The van der Waals surface area contributed by atoms with E-state index in [1.807, 2.05) is 74.5 Å². The third kappa shape index (κ3) is 17.4. The molecule has 0 unspecified atom stereocenters. The summed E-state index contributed by atoms with van der Waals surface area (Å²) in [6.07, 6.45) is 31.8. The van der Waals surface area contributed by atoms with Gasteiger partial charge in [0, 0.05) is 44.8 Å². The zero-order valence-electron chi connectivity index (χ0n) is 38.2. The molecule has 0 heterocycles. The van der Waals surface area contributed by atoms with Crippen molar-refractivity contribution in [1.29, 1.82) is 10.5 Å². The molecule has 65 heavy (non-hydrogen) atoms. The van der Waals surface area contributed by atoms with Crippen molar-refractivity contribution in [3.63, 3.8) is 0 Å². The molecule has 0 saturated heterocycles. The Bertz CT molecular complexity index is 2640. The van der Waals surface area contributed by atoms with Crippen molar-refractivity contribution < 1.29 is 35.4 Å². The van der Waals surface area contributed by atoms with Crippen LogP contribution in [0.3, 0.4) is 0 Å². The minimum absolute atomic E-state index is 0. The first-order valence-corrected chi connectivity index (χ1v) is 21.7. The summed E-state index contributed by atoms with van der Waals surface area (Å²) in [5, 5.41) is 19.9. The van der Waals surface area contributed by atoms with Crippen LogP contribution >= 0.6 is 0 Å². The van der Waals surface area contributed by atoms with E-state index in [0.29, 0.717) is 22.3 Å². The molecule has 0 radical (unpaired) electrons. The molecule has 0 spiro atoms. The van der Waals surface area contributed by atoms with Crippen LogP contribution in [0.5, 0.6) is 0 Å². The summed E-state index contributed by atoms with van der Waals surface area (Å²) in [5.41, 5.74) is 21.6. The molecule has 4 aliphatic rings. The average molecular weight is 1030 g/mol. The van der Waals surface area contributed by atoms with Crippen molar-refractivity contribution in [2.24, 2.45) is 5.73 Å². The number of aryl methyl sites for hydroxylation is 4. The Hall–Kier alpha value is -6.79. The van der Waals surface area contributed by atoms with Crippen LogP contribution in [0.1, 0.15) is 133 Å². The van der Waals surface area contributed by atoms with Crippen LogP contribution in [0, 0.1) is 57.3 Å². The number of carbonyl (C=O) groups excluding carboxylic acids is 3. The molecule has 8 rings (SSSR count). The number of amides is 2. The molecule has 0 bridgehead atoms. The molecule has 0 atom stereocenters. The van der Waals surface area contributed by atoms with Crippen LogP contribution in [-0.2, 0) is 21.1 Å². The van der Waals surface area contributed by atoms with Gasteiger partial charge >= 0.3 is 0 Å². The summed E-state index contributed by atoms with van der Waals surface area (Å²) >= 11 is 0. The SMILES string of the molecule is CNC(=O)c1ccc(C)c(/C=C/C2=CCC2)c1.Cc1ccc(C#N)cc1/C=C/C1=CCC1.Cc1ccc(C#N)cc1C=O.Cc1ccc(C(N)=O)cc1/C=C/C1=CCC1.[CH2-]C1=CCC1.[W]. The van der Waals surface area contributed by atoms with Crippen LogP contribution < -0.4 is 11.1 Å². The molecule has 0 fully saturated rings. The van der Waals surface area contributed by atoms with Crippen LogP contribution in [0.2, 0.25) is 0 Å². The van der Waals surface area contributed by atoms with Gasteiger partial charge in [0.25, 0.3) is 5.91 Å². The molecule has 4 aliphatic carbocycles. The number of hydrogen-bond donors (Lipinski definition) is 2. The summed E-state index contributed by atoms with van der Waals surface area (Å²) in [4.78, 5) is 33.0. The predicted molar refractivity (Wildman–Crippen MR) is 263 cm³/mol. The van der Waals surface area contributed by atoms with E-state index >= 15 is 0 Å². The number of carbonyl (C=O) groups is 3. The third-order valence-corrected chi connectivity index (χ3v) is 11.1. The molecule has 4 aromatic carbocycles. The predicted octanol–water partition coefficient (Wildman–Crippen LogP) is 12.7. The number of aldehydes is 1. The molecule has 4 aromatic rings. The standard InChI is InChI=1S/C15H17NO.C14H15NO.C14H13N.C9H7NO.C5H7.W/c1-11-6-8-14(15(17)16-2)10-13(11)9-7-12-4-3-5-12;1-10-5-7-13(14(15)16)9-12(10)8-6-11-3-2-4-11;1-11-5-6-13(10-15)9-14(11)8-7-12-3-2-4-12;1-7-2-3-8(5-10)4-9(7)6-11;1-5-3-2-4-5;/h4,6-10H,3,5H2,1-2H3,(H,16,17);3,5-9H,2,4H2,1H3,(H2,15,16);3,5-9H,2,4H2,1H3;2-4,6H,1H3;3H,1-2,4H2;/q;;;;-1;/b9-7+;8-6+;8-7+;;;. The number of nitrogens with two attached hydrogens (primary N) is 1. The van der Waals surface area contributed by atoms with Crippen molar-refractivity contribution in [1.82, 2.24) is 5.32 Å². The summed E-state index contributed by atoms with van der Waals surface area (Å²) in [5.74, 6) is -0.417. The fraction of sp³-hybridized carbons (Fsp3) is 0.228. The van der Waals surface area contributed by atoms with E-state index < -0.39 is 0 Å². The Morgan fingerprint density at radius 2 is 0.908 bits per heavy atom. The third-order valence-electron chi connectivity index (χ3n) is 11.1. The number of hydrogen-bond acceptors (Lipinski definition) is 5. The van der Waals surface area contributed by atoms with Crippen LogP contribution in [-0.4, -0.2) is 25.1 Å². The number of rotatable bonds is 9. The van der Waals surface area contributed by atoms with Gasteiger partial charge in [0.15, 0.2) is 0 Å². The Balaban J connectivity index is 0.000000223. The van der Waals surface area contributed by atoms with E-state index in [1.54, 1.807) is 31.3 Å². The van der Waals surface area contributed by atoms with Gasteiger partial charge in [-0.15, -0.1) is 6.42 Å². The van der Waals surface area contributed by atoms with Crippen LogP contribution in [0.4, 0.5) is 0 Å². The molecule has 2 amide bonds. The number of nitrogens with one attached hydrogen (secondary N) is 1. The first-order valence-electron chi connectivity index (χ1n) is 21.7. The molecular formula is C57H59N4O3W-. The minimum atomic E-state index is -0.377. The maximum absolute atomic E-state index is 11.5. The zero-order chi connectivity index (χ0) is 46.4. The van der Waals surface area contributed by atoms with Gasteiger partial charge in [0.2, 0.25) is 5.91 Å². The van der Waals surface area contributed by atoms with Gasteiger partial charge in [-0.2, -0.15) is 10.5 Å². The van der Waals surface area contributed by atoms with Gasteiger partial charge in [0.1, 0.15) is 6.29 Å². The van der Waals surface area contributed by atoms with E-state index in [9.17, 15) is 14.4 Å². The van der Waals surface area contributed by atoms with E-state index in [1.165, 1.54) is 78.4 Å². The number of nitriles is 2. The Kier molecular flexibility index (Phi) is 22.2. The van der Waals surface area contributed by atoms with E-state index in [-0.39, 0.29) is 32.9 Å². The van der Waals surface area contributed by atoms with Crippen LogP contribution in [0.15, 0.2) is 138 Å². The van der Waals surface area contributed by atoms with E-state index in [4.69, 9.17) is 16.3 Å². The molecular weight excluding hydrogens is 972 g/mol. The summed E-state index contributed by atoms with van der Waals surface area (Å²) in [6, 6.07) is 26.3. The summed E-state index contributed by atoms with van der Waals surface area (Å²) in [6.45, 7) is 11.7. The topological polar surface area (TPSA) is 137 Å². The number of nitrogens with zero attached hydrogens (tertiary/aromatic N) is 2. The first-order chi connectivity index (χ1) is 30.8. The van der Waals surface area contributed by atoms with E-state index in [2.05, 4.69) is 86.8 Å². The van der Waals surface area contributed by atoms with Gasteiger partial charge < -0.3 is 11.1 Å². The quantitative estimate of drug-likeness (QED) is 0.127. The van der Waals surface area contributed by atoms with Crippen molar-refractivity contribution in [2.45, 2.75) is 79.1 Å². The van der Waals surface area contributed by atoms with Gasteiger partial charge in [0.05, 0.1) is 23.3 Å². The van der Waals surface area contributed by atoms with Gasteiger partial charge in [-0.05, 0) is 154 Å². The fourth-order valence-electron chi connectivity index (χ4n) is 6.13. The molecule has 0 aliphatic heterocycles. The monoisotopic (exact) mass is 1030 g/mol. The summed E-state index contributed by atoms with van der Waals surface area (Å²) in [7, 11) is 1.65. The van der Waals surface area contributed by atoms with Crippen molar-refractivity contribution in [3.05, 3.63) is 211 Å². The summed E-state index contributed by atoms with van der Waals surface area (Å²) < 4.78 is 0. The molecule has 0 aromatic heterocycles. The number of allylic oxidation sites excluding steroid dienone is 11. The molecule has 332 valence electrons. The largest absolute Gasteiger partial charge is 0.366 e. The van der Waals surface area contributed by atoms with Crippen molar-refractivity contribution >= 4 is 36.3 Å². The second-order valence-corrected chi connectivity index (χ2v) is 15.9. The molecule has 7 nitrogen and oxygen atoms in total. The first kappa shape index (κ1) is 52.6. The normalized spacial score (nSPS) is 13.8. The van der Waals surface area contributed by atoms with Gasteiger partial charge in [-0.1, -0.05) is 102 Å². The second kappa shape index (κ2) is 27.4. The number of primary amides is 1. The van der Waals surface area contributed by atoms with Gasteiger partial charge in [-0.3, -0.25) is 14.4 Å². The van der Waals surface area contributed by atoms with Crippen molar-refractivity contribution in [3.8, 4) is 12.1 Å². The van der Waals surface area contributed by atoms with Crippen molar-refractivity contribution in [2.75, 3.05) is 7.05 Å². The average Bonchev–Trinajstić information content (AvgIpc) is 3.24. The maximum atomic E-state index is 11.5. The smallest absolute Gasteiger partial charge is 0.251 e.